The molecule has 2 heteroatoms. The molecule has 0 aromatic rings. The van der Waals surface area contributed by atoms with Gasteiger partial charge in [0.05, 0.1) is 6.10 Å². The predicted octanol–water partition coefficient (Wildman–Crippen LogP) is 1.16. The molecule has 3 aliphatic rings. The predicted molar refractivity (Wildman–Crippen MR) is 44.5 cm³/mol. The van der Waals surface area contributed by atoms with E-state index in [1.165, 1.54) is 25.8 Å². The van der Waals surface area contributed by atoms with Crippen LogP contribution in [0.5, 0.6) is 0 Å². The number of hydrogen-bond acceptors (Lipinski definition) is 2. The lowest BCUT2D eigenvalue weighted by atomic mass is 9.79. The van der Waals surface area contributed by atoms with Gasteiger partial charge in [-0.15, -0.1) is 0 Å². The van der Waals surface area contributed by atoms with E-state index in [1.807, 2.05) is 0 Å². The molecule has 2 aliphatic heterocycles. The van der Waals surface area contributed by atoms with Gasteiger partial charge in [0.15, 0.2) is 0 Å². The van der Waals surface area contributed by atoms with E-state index in [1.54, 1.807) is 0 Å². The van der Waals surface area contributed by atoms with Gasteiger partial charge in [-0.3, -0.25) is 0 Å². The van der Waals surface area contributed by atoms with E-state index in [-0.39, 0.29) is 0 Å². The summed E-state index contributed by atoms with van der Waals surface area (Å²) < 4.78 is 5.68. The zero-order chi connectivity index (χ0) is 7.68. The van der Waals surface area contributed by atoms with Crippen molar-refractivity contribution in [1.29, 1.82) is 0 Å². The Balaban J connectivity index is 1.92. The Hall–Kier alpha value is -0.0800. The van der Waals surface area contributed by atoms with Crippen molar-refractivity contribution >= 4 is 0 Å². The second-order valence-corrected chi connectivity index (χ2v) is 3.67. The fourth-order valence-corrected chi connectivity index (χ4v) is 2.35. The quantitative estimate of drug-likeness (QED) is 0.646. The number of ether oxygens (including phenoxy) is 1. The molecule has 64 valence electrons. The zero-order valence-corrected chi connectivity index (χ0v) is 7.18. The lowest BCUT2D eigenvalue weighted by Gasteiger charge is -2.42. The lowest BCUT2D eigenvalue weighted by Crippen LogP contribution is -2.52. The number of fused-ring (bicyclic) bond motifs is 3. The van der Waals surface area contributed by atoms with Gasteiger partial charge in [0.1, 0.15) is 0 Å². The molecule has 1 aliphatic carbocycles. The highest BCUT2D eigenvalue weighted by molar-refractivity contribution is 4.91. The SMILES string of the molecule is CCOC1CC2CCC1CN2. The van der Waals surface area contributed by atoms with Crippen LogP contribution in [-0.2, 0) is 4.74 Å². The first-order valence-electron chi connectivity index (χ1n) is 4.75. The van der Waals surface area contributed by atoms with Crippen molar-refractivity contribution in [3.8, 4) is 0 Å². The molecule has 1 saturated carbocycles. The molecule has 2 saturated heterocycles. The molecule has 2 nitrogen and oxygen atoms in total. The van der Waals surface area contributed by atoms with E-state index in [0.29, 0.717) is 6.10 Å². The zero-order valence-electron chi connectivity index (χ0n) is 7.18. The first-order chi connectivity index (χ1) is 5.40. The van der Waals surface area contributed by atoms with E-state index < -0.39 is 0 Å². The highest BCUT2D eigenvalue weighted by Gasteiger charge is 2.35. The van der Waals surface area contributed by atoms with Crippen LogP contribution in [0.15, 0.2) is 0 Å². The van der Waals surface area contributed by atoms with Crippen molar-refractivity contribution in [1.82, 2.24) is 5.32 Å². The van der Waals surface area contributed by atoms with Crippen LogP contribution in [0.3, 0.4) is 0 Å². The van der Waals surface area contributed by atoms with Gasteiger partial charge in [0.25, 0.3) is 0 Å². The van der Waals surface area contributed by atoms with Crippen molar-refractivity contribution in [3.05, 3.63) is 0 Å². The van der Waals surface area contributed by atoms with Gasteiger partial charge in [-0.1, -0.05) is 0 Å². The van der Waals surface area contributed by atoms with Crippen LogP contribution in [0.25, 0.3) is 0 Å². The minimum absolute atomic E-state index is 0.569. The van der Waals surface area contributed by atoms with E-state index in [0.717, 1.165) is 18.6 Å². The van der Waals surface area contributed by atoms with E-state index in [9.17, 15) is 0 Å². The average molecular weight is 155 g/mol. The highest BCUT2D eigenvalue weighted by atomic mass is 16.5. The molecule has 1 N–H and O–H groups in total. The molecule has 3 rings (SSSR count). The van der Waals surface area contributed by atoms with Crippen molar-refractivity contribution < 1.29 is 4.74 Å². The summed E-state index contributed by atoms with van der Waals surface area (Å²) in [5, 5.41) is 3.53. The second-order valence-electron chi connectivity index (χ2n) is 3.67. The third-order valence-corrected chi connectivity index (χ3v) is 2.98. The van der Waals surface area contributed by atoms with Crippen LogP contribution >= 0.6 is 0 Å². The summed E-state index contributed by atoms with van der Waals surface area (Å²) in [6.45, 7) is 4.17. The number of hydrogen-bond donors (Lipinski definition) is 1. The van der Waals surface area contributed by atoms with E-state index >= 15 is 0 Å². The molecule has 0 amide bonds. The Labute approximate surface area is 68.3 Å². The molecular weight excluding hydrogens is 138 g/mol. The van der Waals surface area contributed by atoms with Crippen LogP contribution in [0.4, 0.5) is 0 Å². The Morgan fingerprint density at radius 2 is 2.36 bits per heavy atom. The molecular formula is C9H17NO. The molecule has 0 aromatic carbocycles. The Kier molecular flexibility index (Phi) is 2.14. The van der Waals surface area contributed by atoms with Gasteiger partial charge in [-0.05, 0) is 32.1 Å². The summed E-state index contributed by atoms with van der Waals surface area (Å²) in [4.78, 5) is 0. The fourth-order valence-electron chi connectivity index (χ4n) is 2.35. The molecule has 0 aromatic heterocycles. The fraction of sp³-hybridized carbons (Fsp3) is 1.00. The summed E-state index contributed by atoms with van der Waals surface area (Å²) >= 11 is 0. The third-order valence-electron chi connectivity index (χ3n) is 2.98. The topological polar surface area (TPSA) is 21.3 Å². The molecule has 2 heterocycles. The summed E-state index contributed by atoms with van der Waals surface area (Å²) in [5.74, 6) is 0.806. The molecule has 11 heavy (non-hydrogen) atoms. The summed E-state index contributed by atoms with van der Waals surface area (Å²) in [6.07, 6.45) is 4.56. The molecule has 2 bridgehead atoms. The monoisotopic (exact) mass is 155 g/mol. The molecule has 0 radical (unpaired) electrons. The standard InChI is InChI=1S/C9H17NO/c1-2-11-9-5-8-4-3-7(9)6-10-8/h7-10H,2-6H2,1H3. The number of piperidine rings is 2. The van der Waals surface area contributed by atoms with Crippen molar-refractivity contribution in [3.63, 3.8) is 0 Å². The minimum atomic E-state index is 0.569. The van der Waals surface area contributed by atoms with Crippen LogP contribution in [0, 0.1) is 5.92 Å². The van der Waals surface area contributed by atoms with Gasteiger partial charge in [0.2, 0.25) is 0 Å². The molecule has 3 atom stereocenters. The van der Waals surface area contributed by atoms with Crippen LogP contribution < -0.4 is 5.32 Å². The maximum atomic E-state index is 5.68. The lowest BCUT2D eigenvalue weighted by molar-refractivity contribution is -0.0344. The highest BCUT2D eigenvalue weighted by Crippen LogP contribution is 2.31. The molecule has 3 unspecified atom stereocenters. The largest absolute Gasteiger partial charge is 0.378 e. The minimum Gasteiger partial charge on any atom is -0.378 e. The van der Waals surface area contributed by atoms with Gasteiger partial charge in [-0.25, -0.2) is 0 Å². The van der Waals surface area contributed by atoms with Crippen LogP contribution in [0.2, 0.25) is 0 Å². The van der Waals surface area contributed by atoms with Gasteiger partial charge in [-0.2, -0.15) is 0 Å². The Morgan fingerprint density at radius 3 is 2.82 bits per heavy atom. The van der Waals surface area contributed by atoms with Gasteiger partial charge >= 0.3 is 0 Å². The average Bonchev–Trinajstić information content (AvgIpc) is 2.07. The number of nitrogens with one attached hydrogen (secondary N) is 1. The maximum Gasteiger partial charge on any atom is 0.0630 e. The van der Waals surface area contributed by atoms with Crippen molar-refractivity contribution in [2.45, 2.75) is 38.3 Å². The first kappa shape index (κ1) is 7.56. The maximum absolute atomic E-state index is 5.68. The summed E-state index contributed by atoms with van der Waals surface area (Å²) in [6, 6.07) is 0.761. The third kappa shape index (κ3) is 1.42. The van der Waals surface area contributed by atoms with Crippen molar-refractivity contribution in [2.75, 3.05) is 13.2 Å². The van der Waals surface area contributed by atoms with Gasteiger partial charge in [0, 0.05) is 19.2 Å². The summed E-state index contributed by atoms with van der Waals surface area (Å²) in [5.41, 5.74) is 0. The summed E-state index contributed by atoms with van der Waals surface area (Å²) in [7, 11) is 0. The number of rotatable bonds is 2. The van der Waals surface area contributed by atoms with Crippen molar-refractivity contribution in [2.24, 2.45) is 5.92 Å². The molecule has 3 fully saturated rings. The normalized spacial score (nSPS) is 42.8. The van der Waals surface area contributed by atoms with Crippen LogP contribution in [-0.4, -0.2) is 25.3 Å². The van der Waals surface area contributed by atoms with Crippen LogP contribution in [0.1, 0.15) is 26.2 Å². The van der Waals surface area contributed by atoms with Gasteiger partial charge < -0.3 is 10.1 Å². The second kappa shape index (κ2) is 3.11. The van der Waals surface area contributed by atoms with E-state index in [2.05, 4.69) is 12.2 Å². The Morgan fingerprint density at radius 1 is 1.45 bits per heavy atom. The molecule has 0 spiro atoms. The Bertz CT molecular complexity index is 130. The first-order valence-corrected chi connectivity index (χ1v) is 4.75. The van der Waals surface area contributed by atoms with E-state index in [4.69, 9.17) is 4.74 Å². The smallest absolute Gasteiger partial charge is 0.0630 e.